The van der Waals surface area contributed by atoms with Crippen LogP contribution in [0.3, 0.4) is 0 Å². The van der Waals surface area contributed by atoms with Gasteiger partial charge in [-0.25, -0.2) is 4.79 Å². The molecule has 1 saturated heterocycles. The Bertz CT molecular complexity index is 334. The van der Waals surface area contributed by atoms with Gasteiger partial charge in [0.2, 0.25) is 0 Å². The molecular weight excluding hydrogens is 222 g/mol. The normalized spacial score (nSPS) is 29.2. The van der Waals surface area contributed by atoms with Crippen LogP contribution in [-0.2, 0) is 9.53 Å². The summed E-state index contributed by atoms with van der Waals surface area (Å²) in [6, 6.07) is 0. The topological polar surface area (TPSA) is 66.8 Å². The van der Waals surface area contributed by atoms with E-state index in [1.54, 1.807) is 27.7 Å². The fourth-order valence-corrected chi connectivity index (χ4v) is 1.89. The summed E-state index contributed by atoms with van der Waals surface area (Å²) in [4.78, 5) is 24.5. The molecule has 0 aromatic rings. The Balaban J connectivity index is 2.73. The number of carboxylic acids is 1. The van der Waals surface area contributed by atoms with E-state index in [-0.39, 0.29) is 12.5 Å². The van der Waals surface area contributed by atoms with Crippen molar-refractivity contribution < 1.29 is 19.4 Å². The van der Waals surface area contributed by atoms with Crippen molar-refractivity contribution in [2.75, 3.05) is 13.1 Å². The van der Waals surface area contributed by atoms with Crippen molar-refractivity contribution in [2.45, 2.75) is 40.2 Å². The SMILES string of the molecule is C[C@@H]1CN(C(=O)OC(C)(C)C)C[C@]1(C)C(=O)O. The van der Waals surface area contributed by atoms with Crippen molar-refractivity contribution in [3.05, 3.63) is 0 Å². The van der Waals surface area contributed by atoms with E-state index in [9.17, 15) is 14.7 Å². The molecule has 0 spiro atoms. The van der Waals surface area contributed by atoms with Crippen molar-refractivity contribution in [1.82, 2.24) is 4.90 Å². The number of amides is 1. The van der Waals surface area contributed by atoms with Gasteiger partial charge in [0.15, 0.2) is 0 Å². The van der Waals surface area contributed by atoms with E-state index in [0.29, 0.717) is 6.54 Å². The first-order chi connectivity index (χ1) is 7.56. The lowest BCUT2D eigenvalue weighted by atomic mass is 9.81. The Morgan fingerprint density at radius 3 is 2.29 bits per heavy atom. The lowest BCUT2D eigenvalue weighted by Crippen LogP contribution is -2.38. The predicted octanol–water partition coefficient (Wildman–Crippen LogP) is 1.96. The number of hydrogen-bond acceptors (Lipinski definition) is 3. The zero-order valence-corrected chi connectivity index (χ0v) is 11.1. The van der Waals surface area contributed by atoms with Crippen LogP contribution in [0, 0.1) is 11.3 Å². The molecule has 1 N–H and O–H groups in total. The summed E-state index contributed by atoms with van der Waals surface area (Å²) in [6.07, 6.45) is -0.436. The number of nitrogens with zero attached hydrogens (tertiary/aromatic N) is 1. The van der Waals surface area contributed by atoms with Gasteiger partial charge in [0.05, 0.1) is 5.41 Å². The maximum atomic E-state index is 11.8. The number of carbonyl (C=O) groups excluding carboxylic acids is 1. The van der Waals surface area contributed by atoms with Gasteiger partial charge in [-0.3, -0.25) is 4.79 Å². The van der Waals surface area contributed by atoms with E-state index < -0.39 is 23.1 Å². The molecule has 1 heterocycles. The first-order valence-electron chi connectivity index (χ1n) is 5.77. The van der Waals surface area contributed by atoms with Crippen molar-refractivity contribution in [3.8, 4) is 0 Å². The number of ether oxygens (including phenoxy) is 1. The zero-order valence-electron chi connectivity index (χ0n) is 11.1. The average molecular weight is 243 g/mol. The summed E-state index contributed by atoms with van der Waals surface area (Å²) < 4.78 is 5.24. The van der Waals surface area contributed by atoms with Crippen molar-refractivity contribution >= 4 is 12.1 Å². The maximum absolute atomic E-state index is 11.8. The molecule has 0 aromatic heterocycles. The molecule has 1 aliphatic rings. The second-order valence-corrected chi connectivity index (χ2v) is 5.98. The third-order valence-electron chi connectivity index (χ3n) is 3.24. The highest BCUT2D eigenvalue weighted by molar-refractivity contribution is 5.78. The zero-order chi connectivity index (χ0) is 13.4. The predicted molar refractivity (Wildman–Crippen MR) is 62.7 cm³/mol. The third-order valence-corrected chi connectivity index (χ3v) is 3.24. The summed E-state index contributed by atoms with van der Waals surface area (Å²) in [6.45, 7) is 9.53. The number of carboxylic acid groups (broad SMARTS) is 1. The van der Waals surface area contributed by atoms with Crippen molar-refractivity contribution in [3.63, 3.8) is 0 Å². The Hall–Kier alpha value is -1.26. The first-order valence-corrected chi connectivity index (χ1v) is 5.77. The van der Waals surface area contributed by atoms with Crippen LogP contribution in [-0.4, -0.2) is 40.8 Å². The number of likely N-dealkylation sites (tertiary alicyclic amines) is 1. The molecule has 0 aromatic carbocycles. The summed E-state index contributed by atoms with van der Waals surface area (Å²) in [5.74, 6) is -0.941. The fourth-order valence-electron chi connectivity index (χ4n) is 1.89. The molecule has 1 fully saturated rings. The smallest absolute Gasteiger partial charge is 0.410 e. The van der Waals surface area contributed by atoms with E-state index in [1.807, 2.05) is 6.92 Å². The second kappa shape index (κ2) is 4.20. The molecule has 0 saturated carbocycles. The van der Waals surface area contributed by atoms with E-state index in [2.05, 4.69) is 0 Å². The fraction of sp³-hybridized carbons (Fsp3) is 0.833. The molecule has 5 heteroatoms. The van der Waals surface area contributed by atoms with Crippen LogP contribution in [0.25, 0.3) is 0 Å². The highest BCUT2D eigenvalue weighted by atomic mass is 16.6. The van der Waals surface area contributed by atoms with Gasteiger partial charge in [-0.2, -0.15) is 0 Å². The molecule has 0 aliphatic carbocycles. The van der Waals surface area contributed by atoms with Crippen molar-refractivity contribution in [2.24, 2.45) is 11.3 Å². The molecule has 17 heavy (non-hydrogen) atoms. The summed E-state index contributed by atoms with van der Waals surface area (Å²) >= 11 is 0. The molecule has 98 valence electrons. The Labute approximate surface area is 102 Å². The number of carbonyl (C=O) groups is 2. The van der Waals surface area contributed by atoms with Crippen LogP contribution in [0.4, 0.5) is 4.79 Å². The summed E-state index contributed by atoms with van der Waals surface area (Å²) in [5, 5.41) is 9.20. The van der Waals surface area contributed by atoms with Crippen LogP contribution in [0.5, 0.6) is 0 Å². The number of aliphatic carboxylic acids is 1. The highest BCUT2D eigenvalue weighted by Crippen LogP contribution is 2.36. The lowest BCUT2D eigenvalue weighted by Gasteiger charge is -2.25. The van der Waals surface area contributed by atoms with E-state index in [1.165, 1.54) is 4.90 Å². The maximum Gasteiger partial charge on any atom is 0.410 e. The average Bonchev–Trinajstić information content (AvgIpc) is 2.42. The molecule has 2 atom stereocenters. The molecule has 5 nitrogen and oxygen atoms in total. The lowest BCUT2D eigenvalue weighted by molar-refractivity contribution is -0.148. The second-order valence-electron chi connectivity index (χ2n) is 5.98. The Kier molecular flexibility index (Phi) is 3.41. The first kappa shape index (κ1) is 13.8. The summed E-state index contributed by atoms with van der Waals surface area (Å²) in [7, 11) is 0. The van der Waals surface area contributed by atoms with Gasteiger partial charge in [-0.05, 0) is 33.6 Å². The van der Waals surface area contributed by atoms with E-state index in [0.717, 1.165) is 0 Å². The van der Waals surface area contributed by atoms with Gasteiger partial charge >= 0.3 is 12.1 Å². The van der Waals surface area contributed by atoms with Crippen LogP contribution in [0.1, 0.15) is 34.6 Å². The number of rotatable bonds is 1. The monoisotopic (exact) mass is 243 g/mol. The Morgan fingerprint density at radius 1 is 1.41 bits per heavy atom. The van der Waals surface area contributed by atoms with Crippen molar-refractivity contribution in [1.29, 1.82) is 0 Å². The van der Waals surface area contributed by atoms with Gasteiger partial charge in [-0.15, -0.1) is 0 Å². The van der Waals surface area contributed by atoms with Gasteiger partial charge in [0.1, 0.15) is 5.60 Å². The van der Waals surface area contributed by atoms with E-state index >= 15 is 0 Å². The number of hydrogen-bond donors (Lipinski definition) is 1. The summed E-state index contributed by atoms with van der Waals surface area (Å²) in [5.41, 5.74) is -1.43. The third kappa shape index (κ3) is 2.90. The minimum atomic E-state index is -0.878. The highest BCUT2D eigenvalue weighted by Gasteiger charge is 2.48. The molecule has 1 aliphatic heterocycles. The Morgan fingerprint density at radius 2 is 1.94 bits per heavy atom. The molecule has 0 radical (unpaired) electrons. The van der Waals surface area contributed by atoms with Crippen LogP contribution in [0.2, 0.25) is 0 Å². The van der Waals surface area contributed by atoms with Gasteiger partial charge in [0, 0.05) is 13.1 Å². The van der Waals surface area contributed by atoms with Crippen LogP contribution in [0.15, 0.2) is 0 Å². The largest absolute Gasteiger partial charge is 0.481 e. The minimum absolute atomic E-state index is 0.0764. The quantitative estimate of drug-likeness (QED) is 0.764. The van der Waals surface area contributed by atoms with Crippen LogP contribution < -0.4 is 0 Å². The minimum Gasteiger partial charge on any atom is -0.481 e. The van der Waals surface area contributed by atoms with Crippen LogP contribution >= 0.6 is 0 Å². The van der Waals surface area contributed by atoms with E-state index in [4.69, 9.17) is 4.74 Å². The molecule has 1 amide bonds. The van der Waals surface area contributed by atoms with Gasteiger partial charge in [-0.1, -0.05) is 6.92 Å². The van der Waals surface area contributed by atoms with Gasteiger partial charge in [0.25, 0.3) is 0 Å². The molecule has 0 bridgehead atoms. The molecule has 0 unspecified atom stereocenters. The molecule has 1 rings (SSSR count). The molecular formula is C12H21NO4. The van der Waals surface area contributed by atoms with Gasteiger partial charge < -0.3 is 14.7 Å². The standard InChI is InChI=1S/C12H21NO4/c1-8-6-13(7-12(8,5)9(14)15)10(16)17-11(2,3)4/h8H,6-7H2,1-5H3,(H,14,15)/t8-,12+/m1/s1.